The van der Waals surface area contributed by atoms with Crippen molar-refractivity contribution in [1.29, 1.82) is 0 Å². The smallest absolute Gasteiger partial charge is 0.175 e. The summed E-state index contributed by atoms with van der Waals surface area (Å²) in [7, 11) is 0. The summed E-state index contributed by atoms with van der Waals surface area (Å²) < 4.78 is 1.89. The minimum atomic E-state index is 0.554. The number of aryl methyl sites for hydroxylation is 1. The minimum absolute atomic E-state index is 0.554. The van der Waals surface area contributed by atoms with Crippen molar-refractivity contribution in [2.75, 3.05) is 10.6 Å². The van der Waals surface area contributed by atoms with E-state index < -0.39 is 0 Å². The lowest BCUT2D eigenvalue weighted by Crippen LogP contribution is -2.18. The molecule has 24 heavy (non-hydrogen) atoms. The zero-order chi connectivity index (χ0) is 16.8. The van der Waals surface area contributed by atoms with E-state index in [-0.39, 0.29) is 0 Å². The second-order valence-corrected chi connectivity index (χ2v) is 5.95. The van der Waals surface area contributed by atoms with Crippen molar-refractivity contribution in [3.63, 3.8) is 0 Å². The molecule has 122 valence electrons. The Kier molecular flexibility index (Phi) is 5.23. The molecule has 0 aliphatic heterocycles. The molecule has 0 saturated heterocycles. The fourth-order valence-electron chi connectivity index (χ4n) is 2.40. The molecule has 1 heterocycles. The summed E-state index contributed by atoms with van der Waals surface area (Å²) in [5.41, 5.74) is 4.36. The van der Waals surface area contributed by atoms with E-state index in [1.165, 1.54) is 11.1 Å². The highest BCUT2D eigenvalue weighted by Crippen LogP contribution is 2.12. The molecular formula is C19H20N4S. The second-order valence-electron chi connectivity index (χ2n) is 5.54. The van der Waals surface area contributed by atoms with Gasteiger partial charge < -0.3 is 10.6 Å². The average molecular weight is 336 g/mol. The Morgan fingerprint density at radius 1 is 0.958 bits per heavy atom. The van der Waals surface area contributed by atoms with E-state index in [2.05, 4.69) is 46.9 Å². The summed E-state index contributed by atoms with van der Waals surface area (Å²) in [4.78, 5) is 0. The van der Waals surface area contributed by atoms with Crippen molar-refractivity contribution in [3.8, 4) is 0 Å². The van der Waals surface area contributed by atoms with Gasteiger partial charge in [-0.1, -0.05) is 49.4 Å². The van der Waals surface area contributed by atoms with Gasteiger partial charge in [-0.05, 0) is 41.9 Å². The van der Waals surface area contributed by atoms with Crippen LogP contribution in [0.3, 0.4) is 0 Å². The average Bonchev–Trinajstić information content (AvgIpc) is 3.03. The third-order valence-corrected chi connectivity index (χ3v) is 3.90. The van der Waals surface area contributed by atoms with E-state index in [9.17, 15) is 0 Å². The van der Waals surface area contributed by atoms with Gasteiger partial charge >= 0.3 is 0 Å². The maximum atomic E-state index is 5.36. The Morgan fingerprint density at radius 2 is 1.67 bits per heavy atom. The lowest BCUT2D eigenvalue weighted by Gasteiger charge is -2.09. The lowest BCUT2D eigenvalue weighted by molar-refractivity contribution is 0.687. The number of nitrogens with one attached hydrogen (secondary N) is 2. The van der Waals surface area contributed by atoms with E-state index in [1.807, 2.05) is 41.2 Å². The van der Waals surface area contributed by atoms with Gasteiger partial charge in [-0.25, -0.2) is 0 Å². The molecule has 0 radical (unpaired) electrons. The molecule has 2 aromatic carbocycles. The number of anilines is 2. The van der Waals surface area contributed by atoms with Gasteiger partial charge in [0.15, 0.2) is 5.11 Å². The zero-order valence-electron chi connectivity index (χ0n) is 13.6. The molecule has 3 aromatic rings. The fourth-order valence-corrected chi connectivity index (χ4v) is 2.64. The van der Waals surface area contributed by atoms with Crippen molar-refractivity contribution >= 4 is 28.7 Å². The predicted octanol–water partition coefficient (Wildman–Crippen LogP) is 4.30. The molecule has 0 aliphatic carbocycles. The van der Waals surface area contributed by atoms with Crippen molar-refractivity contribution in [3.05, 3.63) is 78.1 Å². The van der Waals surface area contributed by atoms with Crippen molar-refractivity contribution in [2.45, 2.75) is 19.9 Å². The molecule has 0 fully saturated rings. The van der Waals surface area contributed by atoms with Crippen molar-refractivity contribution in [2.24, 2.45) is 0 Å². The van der Waals surface area contributed by atoms with Gasteiger partial charge in [0, 0.05) is 11.9 Å². The normalized spacial score (nSPS) is 10.4. The Bertz CT molecular complexity index is 794. The van der Waals surface area contributed by atoms with Gasteiger partial charge in [0.1, 0.15) is 0 Å². The van der Waals surface area contributed by atoms with Crippen molar-refractivity contribution in [1.82, 2.24) is 9.78 Å². The maximum absolute atomic E-state index is 5.36. The van der Waals surface area contributed by atoms with Crippen LogP contribution in [0.15, 0.2) is 67.0 Å². The van der Waals surface area contributed by atoms with E-state index >= 15 is 0 Å². The van der Waals surface area contributed by atoms with Crippen LogP contribution in [0.2, 0.25) is 0 Å². The molecule has 0 aliphatic rings. The van der Waals surface area contributed by atoms with E-state index in [1.54, 1.807) is 6.20 Å². The third kappa shape index (κ3) is 4.43. The molecule has 3 rings (SSSR count). The van der Waals surface area contributed by atoms with Crippen LogP contribution in [0.25, 0.3) is 0 Å². The van der Waals surface area contributed by atoms with Crippen molar-refractivity contribution < 1.29 is 0 Å². The van der Waals surface area contributed by atoms with Gasteiger partial charge in [0.2, 0.25) is 0 Å². The largest absolute Gasteiger partial charge is 0.332 e. The monoisotopic (exact) mass is 336 g/mol. The molecule has 1 aromatic heterocycles. The molecule has 0 unspecified atom stereocenters. The van der Waals surface area contributed by atoms with Gasteiger partial charge in [-0.2, -0.15) is 5.10 Å². The van der Waals surface area contributed by atoms with Crippen LogP contribution < -0.4 is 10.6 Å². The molecule has 0 spiro atoms. The summed E-state index contributed by atoms with van der Waals surface area (Å²) in [5, 5.41) is 11.3. The van der Waals surface area contributed by atoms with Crippen LogP contribution in [0.1, 0.15) is 18.1 Å². The van der Waals surface area contributed by atoms with Gasteiger partial charge in [0.25, 0.3) is 0 Å². The highest BCUT2D eigenvalue weighted by atomic mass is 32.1. The summed E-state index contributed by atoms with van der Waals surface area (Å²) >= 11 is 5.36. The number of nitrogens with zero attached hydrogens (tertiary/aromatic N) is 2. The first-order chi connectivity index (χ1) is 11.7. The highest BCUT2D eigenvalue weighted by molar-refractivity contribution is 7.80. The van der Waals surface area contributed by atoms with Crippen LogP contribution in [0, 0.1) is 0 Å². The Balaban J connectivity index is 1.56. The van der Waals surface area contributed by atoms with Gasteiger partial charge in [0.05, 0.1) is 18.4 Å². The molecule has 5 heteroatoms. The van der Waals surface area contributed by atoms with Crippen LogP contribution in [0.4, 0.5) is 11.4 Å². The highest BCUT2D eigenvalue weighted by Gasteiger charge is 2.03. The predicted molar refractivity (Wildman–Crippen MR) is 103 cm³/mol. The number of thiocarbonyl (C=S) groups is 1. The molecular weight excluding hydrogens is 316 g/mol. The summed E-state index contributed by atoms with van der Waals surface area (Å²) in [6.07, 6.45) is 4.75. The Hall–Kier alpha value is -2.66. The van der Waals surface area contributed by atoms with E-state index in [0.29, 0.717) is 5.11 Å². The van der Waals surface area contributed by atoms with Gasteiger partial charge in [-0.15, -0.1) is 0 Å². The third-order valence-electron chi connectivity index (χ3n) is 3.70. The number of hydrogen-bond acceptors (Lipinski definition) is 2. The zero-order valence-corrected chi connectivity index (χ0v) is 14.4. The number of aromatic nitrogens is 2. The fraction of sp³-hybridized carbons (Fsp3) is 0.158. The molecule has 0 atom stereocenters. The summed E-state index contributed by atoms with van der Waals surface area (Å²) in [6, 6.07) is 18.5. The lowest BCUT2D eigenvalue weighted by atomic mass is 10.1. The quantitative estimate of drug-likeness (QED) is 0.682. The number of hydrogen-bond donors (Lipinski definition) is 2. The standard InChI is InChI=1S/C19H20N4S/c1-2-15-8-10-17(11-9-15)21-19(24)22-18-12-20-23(14-18)13-16-6-4-3-5-7-16/h3-12,14H,2,13H2,1H3,(H2,21,22,24). The first-order valence-corrected chi connectivity index (χ1v) is 8.37. The van der Waals surface area contributed by atoms with Crippen LogP contribution in [-0.2, 0) is 13.0 Å². The number of rotatable bonds is 5. The summed E-state index contributed by atoms with van der Waals surface area (Å²) in [6.45, 7) is 2.88. The molecule has 2 N–H and O–H groups in total. The maximum Gasteiger partial charge on any atom is 0.175 e. The first-order valence-electron chi connectivity index (χ1n) is 7.96. The van der Waals surface area contributed by atoms with Crippen LogP contribution in [0.5, 0.6) is 0 Å². The van der Waals surface area contributed by atoms with Crippen LogP contribution >= 0.6 is 12.2 Å². The SMILES string of the molecule is CCc1ccc(NC(=S)Nc2cnn(Cc3ccccc3)c2)cc1. The molecule has 4 nitrogen and oxygen atoms in total. The topological polar surface area (TPSA) is 41.9 Å². The molecule has 0 saturated carbocycles. The summed E-state index contributed by atoms with van der Waals surface area (Å²) in [5.74, 6) is 0. The van der Waals surface area contributed by atoms with Gasteiger partial charge in [-0.3, -0.25) is 4.68 Å². The second kappa shape index (κ2) is 7.75. The Labute approximate surface area is 147 Å². The minimum Gasteiger partial charge on any atom is -0.332 e. The number of benzene rings is 2. The first kappa shape index (κ1) is 16.2. The molecule has 0 amide bonds. The van der Waals surface area contributed by atoms with Crippen LogP contribution in [-0.4, -0.2) is 14.9 Å². The Morgan fingerprint density at radius 3 is 2.38 bits per heavy atom. The molecule has 0 bridgehead atoms. The van der Waals surface area contributed by atoms with E-state index in [4.69, 9.17) is 12.2 Å². The van der Waals surface area contributed by atoms with E-state index in [0.717, 1.165) is 24.3 Å².